The van der Waals surface area contributed by atoms with Gasteiger partial charge in [0, 0.05) is 17.6 Å². The molecule has 0 amide bonds. The number of carboxylic acid groups (broad SMARTS) is 1. The second-order valence-corrected chi connectivity index (χ2v) is 5.07. The highest BCUT2D eigenvalue weighted by Crippen LogP contribution is 2.31. The van der Waals surface area contributed by atoms with Crippen LogP contribution in [0.1, 0.15) is 34.1 Å². The van der Waals surface area contributed by atoms with E-state index in [0.29, 0.717) is 15.7 Å². The van der Waals surface area contributed by atoms with Crippen LogP contribution < -0.4 is 4.90 Å². The van der Waals surface area contributed by atoms with Crippen LogP contribution in [0.4, 0.5) is 5.69 Å². The van der Waals surface area contributed by atoms with Gasteiger partial charge in [0.15, 0.2) is 0 Å². The summed E-state index contributed by atoms with van der Waals surface area (Å²) in [5, 5.41) is 9.13. The lowest BCUT2D eigenvalue weighted by molar-refractivity contribution is 0.0525. The fraction of sp³-hybridized carbons (Fsp3) is 0.385. The number of hydrogen-bond donors (Lipinski definition) is 1. The van der Waals surface area contributed by atoms with Crippen molar-refractivity contribution in [2.24, 2.45) is 0 Å². The number of halogens is 1. The molecule has 102 valence electrons. The molecule has 0 bridgehead atoms. The van der Waals surface area contributed by atoms with E-state index in [4.69, 9.17) is 9.84 Å². The average Bonchev–Trinajstić information content (AvgIpc) is 2.28. The maximum absolute atomic E-state index is 11.9. The van der Waals surface area contributed by atoms with Gasteiger partial charge < -0.3 is 14.7 Å². The molecule has 1 heterocycles. The lowest BCUT2D eigenvalue weighted by Crippen LogP contribution is -2.38. The highest BCUT2D eigenvalue weighted by atomic mass is 79.9. The van der Waals surface area contributed by atoms with Gasteiger partial charge in [-0.2, -0.15) is 0 Å². The van der Waals surface area contributed by atoms with Crippen LogP contribution in [-0.4, -0.2) is 36.7 Å². The maximum atomic E-state index is 11.9. The predicted molar refractivity (Wildman–Crippen MR) is 73.9 cm³/mol. The summed E-state index contributed by atoms with van der Waals surface area (Å²) in [5.41, 5.74) is 1.18. The Balaban J connectivity index is 2.48. The summed E-state index contributed by atoms with van der Waals surface area (Å²) >= 11 is 3.18. The fourth-order valence-corrected chi connectivity index (χ4v) is 2.43. The summed E-state index contributed by atoms with van der Waals surface area (Å²) in [5.74, 6) is -1.45. The summed E-state index contributed by atoms with van der Waals surface area (Å²) in [6.45, 7) is 3.68. The smallest absolute Gasteiger partial charge is 0.340 e. The van der Waals surface area contributed by atoms with Crippen molar-refractivity contribution in [2.75, 3.05) is 24.6 Å². The molecule has 0 aliphatic carbocycles. The second kappa shape index (κ2) is 5.61. The second-order valence-electron chi connectivity index (χ2n) is 4.22. The van der Waals surface area contributed by atoms with Gasteiger partial charge in [0.05, 0.1) is 23.4 Å². The number of carboxylic acids is 1. The topological polar surface area (TPSA) is 66.8 Å². The quantitative estimate of drug-likeness (QED) is 0.861. The average molecular weight is 328 g/mol. The molecular formula is C13H14BrNO4. The minimum atomic E-state index is -1.02. The standard InChI is InChI=1S/C13H14BrNO4/c1-2-19-13(18)9-6-10(14)8(12(16)17)7-11(9)15-4-3-5-15/h6-7H,2-5H2,1H3,(H,16,17). The van der Waals surface area contributed by atoms with Crippen LogP contribution >= 0.6 is 15.9 Å². The van der Waals surface area contributed by atoms with E-state index in [0.717, 1.165) is 19.5 Å². The van der Waals surface area contributed by atoms with Crippen LogP contribution in [0.2, 0.25) is 0 Å². The van der Waals surface area contributed by atoms with Gasteiger partial charge in [0.2, 0.25) is 0 Å². The van der Waals surface area contributed by atoms with Crippen LogP contribution in [0, 0.1) is 0 Å². The van der Waals surface area contributed by atoms with Crippen molar-refractivity contribution in [3.8, 4) is 0 Å². The molecule has 0 atom stereocenters. The number of nitrogens with zero attached hydrogens (tertiary/aromatic N) is 1. The lowest BCUT2D eigenvalue weighted by Gasteiger charge is -2.34. The molecule has 1 N–H and O–H groups in total. The van der Waals surface area contributed by atoms with Crippen LogP contribution in [0.15, 0.2) is 16.6 Å². The minimum absolute atomic E-state index is 0.148. The summed E-state index contributed by atoms with van der Waals surface area (Å²) < 4.78 is 5.39. The number of rotatable bonds is 4. The molecule has 1 aliphatic heterocycles. The molecule has 19 heavy (non-hydrogen) atoms. The number of ether oxygens (including phenoxy) is 1. The normalized spacial score (nSPS) is 13.9. The Labute approximate surface area is 119 Å². The van der Waals surface area contributed by atoms with Crippen molar-refractivity contribution in [1.82, 2.24) is 0 Å². The van der Waals surface area contributed by atoms with Crippen molar-refractivity contribution in [3.63, 3.8) is 0 Å². The molecule has 0 radical (unpaired) electrons. The Hall–Kier alpha value is -1.56. The highest BCUT2D eigenvalue weighted by molar-refractivity contribution is 9.10. The molecule has 1 saturated heterocycles. The van der Waals surface area contributed by atoms with Gasteiger partial charge in [-0.1, -0.05) is 0 Å². The molecule has 1 aliphatic rings. The SMILES string of the molecule is CCOC(=O)c1cc(Br)c(C(=O)O)cc1N1CCC1. The van der Waals surface area contributed by atoms with Gasteiger partial charge in [0.1, 0.15) is 0 Å². The van der Waals surface area contributed by atoms with E-state index < -0.39 is 11.9 Å². The van der Waals surface area contributed by atoms with E-state index in [1.165, 1.54) is 12.1 Å². The summed E-state index contributed by atoms with van der Waals surface area (Å²) in [7, 11) is 0. The zero-order valence-electron chi connectivity index (χ0n) is 10.5. The van der Waals surface area contributed by atoms with E-state index >= 15 is 0 Å². The summed E-state index contributed by atoms with van der Waals surface area (Å²) in [4.78, 5) is 25.0. The van der Waals surface area contributed by atoms with Crippen molar-refractivity contribution in [2.45, 2.75) is 13.3 Å². The molecule has 1 fully saturated rings. The number of aromatic carboxylic acids is 1. The van der Waals surface area contributed by atoms with Crippen molar-refractivity contribution in [3.05, 3.63) is 27.7 Å². The van der Waals surface area contributed by atoms with Crippen LogP contribution in [-0.2, 0) is 4.74 Å². The van der Waals surface area contributed by atoms with Gasteiger partial charge in [-0.25, -0.2) is 9.59 Å². The first-order chi connectivity index (χ1) is 9.04. The van der Waals surface area contributed by atoms with Crippen LogP contribution in [0.3, 0.4) is 0 Å². The first-order valence-corrected chi connectivity index (χ1v) is 6.82. The third-order valence-electron chi connectivity index (χ3n) is 3.01. The van der Waals surface area contributed by atoms with Crippen molar-refractivity contribution < 1.29 is 19.4 Å². The monoisotopic (exact) mass is 327 g/mol. The molecule has 0 saturated carbocycles. The zero-order valence-corrected chi connectivity index (χ0v) is 12.1. The Morgan fingerprint density at radius 2 is 2.05 bits per heavy atom. The van der Waals surface area contributed by atoms with Crippen molar-refractivity contribution >= 4 is 33.6 Å². The van der Waals surface area contributed by atoms with E-state index in [9.17, 15) is 9.59 Å². The van der Waals surface area contributed by atoms with E-state index in [2.05, 4.69) is 15.9 Å². The lowest BCUT2D eigenvalue weighted by atomic mass is 10.0. The number of hydrogen-bond acceptors (Lipinski definition) is 4. The van der Waals surface area contributed by atoms with E-state index in [1.807, 2.05) is 4.90 Å². The number of carbonyl (C=O) groups is 2. The molecule has 1 aromatic rings. The number of anilines is 1. The molecule has 0 unspecified atom stereocenters. The highest BCUT2D eigenvalue weighted by Gasteiger charge is 2.25. The zero-order chi connectivity index (χ0) is 14.0. The molecule has 2 rings (SSSR count). The van der Waals surface area contributed by atoms with Crippen molar-refractivity contribution in [1.29, 1.82) is 0 Å². The molecular weight excluding hydrogens is 314 g/mol. The third kappa shape index (κ3) is 2.73. The Bertz CT molecular complexity index is 526. The molecule has 0 aromatic heterocycles. The third-order valence-corrected chi connectivity index (χ3v) is 3.66. The van der Waals surface area contributed by atoms with E-state index in [-0.39, 0.29) is 12.2 Å². The number of carbonyl (C=O) groups excluding carboxylic acids is 1. The largest absolute Gasteiger partial charge is 0.478 e. The van der Waals surface area contributed by atoms with Crippen LogP contribution in [0.5, 0.6) is 0 Å². The first kappa shape index (κ1) is 13.9. The Kier molecular flexibility index (Phi) is 4.09. The van der Waals surface area contributed by atoms with Gasteiger partial charge in [-0.15, -0.1) is 0 Å². The van der Waals surface area contributed by atoms with Gasteiger partial charge >= 0.3 is 11.9 Å². The predicted octanol–water partition coefficient (Wildman–Crippen LogP) is 2.53. The Morgan fingerprint density at radius 1 is 1.37 bits per heavy atom. The van der Waals surface area contributed by atoms with Gasteiger partial charge in [-0.05, 0) is 41.4 Å². The number of esters is 1. The molecule has 0 spiro atoms. The Morgan fingerprint density at radius 3 is 2.53 bits per heavy atom. The van der Waals surface area contributed by atoms with Gasteiger partial charge in [-0.3, -0.25) is 0 Å². The molecule has 5 nitrogen and oxygen atoms in total. The maximum Gasteiger partial charge on any atom is 0.340 e. The number of benzene rings is 1. The molecule has 1 aromatic carbocycles. The van der Waals surface area contributed by atoms with Gasteiger partial charge in [0.25, 0.3) is 0 Å². The minimum Gasteiger partial charge on any atom is -0.478 e. The molecule has 6 heteroatoms. The van der Waals surface area contributed by atoms with Crippen LogP contribution in [0.25, 0.3) is 0 Å². The first-order valence-electron chi connectivity index (χ1n) is 6.03. The summed E-state index contributed by atoms with van der Waals surface area (Å²) in [6, 6.07) is 3.05. The van der Waals surface area contributed by atoms with E-state index in [1.54, 1.807) is 6.92 Å². The summed E-state index contributed by atoms with van der Waals surface area (Å²) in [6.07, 6.45) is 1.04. The fourth-order valence-electron chi connectivity index (χ4n) is 1.92.